The molecule has 0 spiro atoms. The lowest BCUT2D eigenvalue weighted by molar-refractivity contribution is 0.102. The third kappa shape index (κ3) is 3.10. The Morgan fingerprint density at radius 3 is 3.06 bits per heavy atom. The zero-order valence-electron chi connectivity index (χ0n) is 11.1. The second kappa shape index (κ2) is 6.00. The molecule has 2 atom stereocenters. The highest BCUT2D eigenvalue weighted by Crippen LogP contribution is 2.22. The number of nitrogens with one attached hydrogen (secondary N) is 1. The molecular formula is C13H22N4O. The van der Waals surface area contributed by atoms with Crippen molar-refractivity contribution in [2.24, 2.45) is 5.92 Å². The molecule has 1 aliphatic heterocycles. The van der Waals surface area contributed by atoms with Crippen LogP contribution < -0.4 is 10.2 Å². The van der Waals surface area contributed by atoms with Crippen molar-refractivity contribution in [2.75, 3.05) is 29.9 Å². The normalized spacial score (nSPS) is 24.1. The Hall–Kier alpha value is -1.36. The Morgan fingerprint density at radius 1 is 1.50 bits per heavy atom. The predicted molar refractivity (Wildman–Crippen MR) is 72.8 cm³/mol. The van der Waals surface area contributed by atoms with Gasteiger partial charge in [0.2, 0.25) is 0 Å². The molecule has 1 aromatic rings. The van der Waals surface area contributed by atoms with E-state index < -0.39 is 0 Å². The van der Waals surface area contributed by atoms with E-state index in [0.29, 0.717) is 12.5 Å². The van der Waals surface area contributed by atoms with Crippen molar-refractivity contribution in [1.29, 1.82) is 0 Å². The summed E-state index contributed by atoms with van der Waals surface area (Å²) in [4.78, 5) is 10.6. The first-order valence-electron chi connectivity index (χ1n) is 6.69. The highest BCUT2D eigenvalue weighted by Gasteiger charge is 2.25. The van der Waals surface area contributed by atoms with Crippen molar-refractivity contribution in [2.45, 2.75) is 32.8 Å². The average Bonchev–Trinajstić information content (AvgIpc) is 2.40. The first kappa shape index (κ1) is 13.1. The maximum absolute atomic E-state index is 9.92. The van der Waals surface area contributed by atoms with Crippen LogP contribution in [-0.2, 0) is 0 Å². The molecule has 100 valence electrons. The number of aliphatic hydroxyl groups excluding tert-OH is 1. The zero-order valence-corrected chi connectivity index (χ0v) is 11.1. The van der Waals surface area contributed by atoms with Gasteiger partial charge in [-0.1, -0.05) is 13.8 Å². The average molecular weight is 250 g/mol. The molecule has 5 heteroatoms. The molecule has 1 fully saturated rings. The maximum atomic E-state index is 9.92. The lowest BCUT2D eigenvalue weighted by atomic mass is 9.96. The van der Waals surface area contributed by atoms with Crippen LogP contribution in [0.1, 0.15) is 26.7 Å². The SMILES string of the molecule is CCCNc1cc(N2CCC(C)C(O)C2)ncn1. The molecule has 1 aromatic heterocycles. The Balaban J connectivity index is 2.04. The largest absolute Gasteiger partial charge is 0.391 e. The number of rotatable bonds is 4. The second-order valence-electron chi connectivity index (χ2n) is 4.97. The monoisotopic (exact) mass is 250 g/mol. The highest BCUT2D eigenvalue weighted by atomic mass is 16.3. The quantitative estimate of drug-likeness (QED) is 0.848. The standard InChI is InChI=1S/C13H22N4O/c1-3-5-14-12-7-13(16-9-15-12)17-6-4-10(2)11(18)8-17/h7,9-11,18H,3-6,8H2,1-2H3,(H,14,15,16). The molecule has 5 nitrogen and oxygen atoms in total. The van der Waals surface area contributed by atoms with Crippen molar-refractivity contribution < 1.29 is 5.11 Å². The van der Waals surface area contributed by atoms with E-state index in [1.54, 1.807) is 6.33 Å². The number of hydrogen-bond donors (Lipinski definition) is 2. The van der Waals surface area contributed by atoms with Gasteiger partial charge in [-0.2, -0.15) is 0 Å². The maximum Gasteiger partial charge on any atom is 0.134 e. The number of piperidine rings is 1. The van der Waals surface area contributed by atoms with E-state index in [1.807, 2.05) is 6.07 Å². The minimum Gasteiger partial charge on any atom is -0.391 e. The van der Waals surface area contributed by atoms with Crippen molar-refractivity contribution in [3.05, 3.63) is 12.4 Å². The Morgan fingerprint density at radius 2 is 2.33 bits per heavy atom. The van der Waals surface area contributed by atoms with E-state index >= 15 is 0 Å². The van der Waals surface area contributed by atoms with E-state index in [1.165, 1.54) is 0 Å². The van der Waals surface area contributed by atoms with Gasteiger partial charge in [-0.15, -0.1) is 0 Å². The molecule has 1 saturated heterocycles. The van der Waals surface area contributed by atoms with Gasteiger partial charge in [-0.3, -0.25) is 0 Å². The molecule has 2 rings (SSSR count). The number of hydrogen-bond acceptors (Lipinski definition) is 5. The van der Waals surface area contributed by atoms with Gasteiger partial charge >= 0.3 is 0 Å². The molecular weight excluding hydrogens is 228 g/mol. The number of nitrogens with zero attached hydrogens (tertiary/aromatic N) is 3. The summed E-state index contributed by atoms with van der Waals surface area (Å²) in [5.41, 5.74) is 0. The third-order valence-corrected chi connectivity index (χ3v) is 3.45. The van der Waals surface area contributed by atoms with Crippen LogP contribution in [-0.4, -0.2) is 40.8 Å². The molecule has 2 N–H and O–H groups in total. The Labute approximate surface area is 108 Å². The van der Waals surface area contributed by atoms with Gasteiger partial charge in [0.25, 0.3) is 0 Å². The topological polar surface area (TPSA) is 61.3 Å². The van der Waals surface area contributed by atoms with Crippen LogP contribution in [0.25, 0.3) is 0 Å². The van der Waals surface area contributed by atoms with E-state index in [2.05, 4.69) is 34.0 Å². The minimum absolute atomic E-state index is 0.263. The van der Waals surface area contributed by atoms with E-state index in [-0.39, 0.29) is 6.10 Å². The first-order chi connectivity index (χ1) is 8.70. The lowest BCUT2D eigenvalue weighted by Crippen LogP contribution is -2.43. The van der Waals surface area contributed by atoms with Crippen LogP contribution in [0.3, 0.4) is 0 Å². The van der Waals surface area contributed by atoms with Crippen molar-refractivity contribution in [3.8, 4) is 0 Å². The van der Waals surface area contributed by atoms with E-state index in [0.717, 1.165) is 37.6 Å². The van der Waals surface area contributed by atoms with Gasteiger partial charge in [0.1, 0.15) is 18.0 Å². The molecule has 2 heterocycles. The van der Waals surface area contributed by atoms with Crippen molar-refractivity contribution >= 4 is 11.6 Å². The molecule has 1 aliphatic rings. The fourth-order valence-corrected chi connectivity index (χ4v) is 2.13. The molecule has 2 unspecified atom stereocenters. The molecule has 0 bridgehead atoms. The summed E-state index contributed by atoms with van der Waals surface area (Å²) in [5.74, 6) is 2.13. The highest BCUT2D eigenvalue weighted by molar-refractivity contribution is 5.48. The van der Waals surface area contributed by atoms with Crippen LogP contribution >= 0.6 is 0 Å². The number of anilines is 2. The van der Waals surface area contributed by atoms with Gasteiger partial charge in [0.15, 0.2) is 0 Å². The molecule has 0 aliphatic carbocycles. The number of aliphatic hydroxyl groups is 1. The Kier molecular flexibility index (Phi) is 4.36. The van der Waals surface area contributed by atoms with Crippen LogP contribution in [0.15, 0.2) is 12.4 Å². The summed E-state index contributed by atoms with van der Waals surface area (Å²) in [6, 6.07) is 1.96. The summed E-state index contributed by atoms with van der Waals surface area (Å²) in [7, 11) is 0. The number of β-amino-alcohol motifs (C(OH)–C–C–N with tert-alkyl or cyclic N) is 1. The van der Waals surface area contributed by atoms with Crippen molar-refractivity contribution in [3.63, 3.8) is 0 Å². The van der Waals surface area contributed by atoms with E-state index in [9.17, 15) is 5.11 Å². The Bertz CT molecular complexity index is 385. The molecule has 0 aromatic carbocycles. The van der Waals surface area contributed by atoms with Gasteiger partial charge in [0.05, 0.1) is 6.10 Å². The van der Waals surface area contributed by atoms with Crippen LogP contribution in [0.2, 0.25) is 0 Å². The van der Waals surface area contributed by atoms with Crippen LogP contribution in [0.4, 0.5) is 11.6 Å². The predicted octanol–water partition coefficient (Wildman–Crippen LogP) is 1.51. The summed E-state index contributed by atoms with van der Waals surface area (Å²) in [6.07, 6.45) is 3.39. The molecule has 18 heavy (non-hydrogen) atoms. The van der Waals surface area contributed by atoms with Crippen molar-refractivity contribution in [1.82, 2.24) is 9.97 Å². The summed E-state index contributed by atoms with van der Waals surface area (Å²) < 4.78 is 0. The van der Waals surface area contributed by atoms with Gasteiger partial charge in [-0.25, -0.2) is 9.97 Å². The minimum atomic E-state index is -0.263. The first-order valence-corrected chi connectivity index (χ1v) is 6.69. The van der Waals surface area contributed by atoms with Gasteiger partial charge in [-0.05, 0) is 18.8 Å². The molecule has 0 radical (unpaired) electrons. The third-order valence-electron chi connectivity index (χ3n) is 3.45. The summed E-state index contributed by atoms with van der Waals surface area (Å²) in [6.45, 7) is 6.73. The second-order valence-corrected chi connectivity index (χ2v) is 4.97. The summed E-state index contributed by atoms with van der Waals surface area (Å²) >= 11 is 0. The fraction of sp³-hybridized carbons (Fsp3) is 0.692. The smallest absolute Gasteiger partial charge is 0.134 e. The summed E-state index contributed by atoms with van der Waals surface area (Å²) in [5, 5.41) is 13.2. The zero-order chi connectivity index (χ0) is 13.0. The van der Waals surface area contributed by atoms with Gasteiger partial charge < -0.3 is 15.3 Å². The molecule has 0 saturated carbocycles. The van der Waals surface area contributed by atoms with Crippen LogP contribution in [0, 0.1) is 5.92 Å². The fourth-order valence-electron chi connectivity index (χ4n) is 2.13. The number of aromatic nitrogens is 2. The lowest BCUT2D eigenvalue weighted by Gasteiger charge is -2.35. The van der Waals surface area contributed by atoms with Gasteiger partial charge in [0, 0.05) is 25.7 Å². The molecule has 0 amide bonds. The van der Waals surface area contributed by atoms with Crippen LogP contribution in [0.5, 0.6) is 0 Å². The van der Waals surface area contributed by atoms with E-state index in [4.69, 9.17) is 0 Å².